The number of halogens is 6. The molecule has 9 heteroatoms. The SMILES string of the molecule is CCCCCC1CCC(C2COC(C3CCC(C(F)(F)Oc4ccc(-c5cc(F)c(F)c(F)c5)c(F)c4)CC3)OC2)CC1. The Balaban J connectivity index is 1.07. The van der Waals surface area contributed by atoms with Crippen molar-refractivity contribution in [3.8, 4) is 16.9 Å². The molecule has 2 aromatic carbocycles. The highest BCUT2D eigenvalue weighted by Gasteiger charge is 2.46. The molecule has 2 aliphatic carbocycles. The molecule has 1 heterocycles. The van der Waals surface area contributed by atoms with Crippen LogP contribution in [-0.2, 0) is 9.47 Å². The number of alkyl halides is 2. The highest BCUT2D eigenvalue weighted by Crippen LogP contribution is 2.44. The highest BCUT2D eigenvalue weighted by atomic mass is 19.3. The zero-order valence-corrected chi connectivity index (χ0v) is 24.7. The Kier molecular flexibility index (Phi) is 10.6. The molecule has 0 bridgehead atoms. The van der Waals surface area contributed by atoms with Crippen LogP contribution in [0.1, 0.15) is 84.0 Å². The van der Waals surface area contributed by atoms with Gasteiger partial charge in [0.05, 0.1) is 19.1 Å². The predicted octanol–water partition coefficient (Wildman–Crippen LogP) is 10.1. The molecule has 0 N–H and O–H groups in total. The fraction of sp³-hybridized carbons (Fsp3) is 0.647. The van der Waals surface area contributed by atoms with Crippen molar-refractivity contribution in [1.82, 2.24) is 0 Å². The summed E-state index contributed by atoms with van der Waals surface area (Å²) in [6.07, 6.45) is 7.83. The van der Waals surface area contributed by atoms with Gasteiger partial charge in [-0.3, -0.25) is 0 Å². The maximum atomic E-state index is 15.1. The molecule has 2 aromatic rings. The molecular weight excluding hydrogens is 570 g/mol. The Bertz CT molecular complexity index is 1180. The topological polar surface area (TPSA) is 27.7 Å². The summed E-state index contributed by atoms with van der Waals surface area (Å²) in [7, 11) is 0. The molecule has 0 amide bonds. The van der Waals surface area contributed by atoms with Gasteiger partial charge in [-0.25, -0.2) is 17.6 Å². The molecule has 2 saturated carbocycles. The Morgan fingerprint density at radius 1 is 0.744 bits per heavy atom. The number of benzene rings is 2. The Morgan fingerprint density at radius 2 is 1.37 bits per heavy atom. The summed E-state index contributed by atoms with van der Waals surface area (Å²) in [5.74, 6) is -5.19. The van der Waals surface area contributed by atoms with E-state index < -0.39 is 41.0 Å². The maximum absolute atomic E-state index is 15.1. The van der Waals surface area contributed by atoms with Crippen LogP contribution >= 0.6 is 0 Å². The van der Waals surface area contributed by atoms with Gasteiger partial charge in [0.25, 0.3) is 0 Å². The lowest BCUT2D eigenvalue weighted by Gasteiger charge is -2.41. The minimum Gasteiger partial charge on any atom is -0.432 e. The molecule has 0 unspecified atom stereocenters. The van der Waals surface area contributed by atoms with Crippen molar-refractivity contribution in [1.29, 1.82) is 0 Å². The molecule has 1 aliphatic heterocycles. The summed E-state index contributed by atoms with van der Waals surface area (Å²) in [5.41, 5.74) is -0.520. The highest BCUT2D eigenvalue weighted by molar-refractivity contribution is 5.65. The number of hydrogen-bond acceptors (Lipinski definition) is 3. The van der Waals surface area contributed by atoms with Crippen molar-refractivity contribution in [2.24, 2.45) is 29.6 Å². The Morgan fingerprint density at radius 3 is 1.98 bits per heavy atom. The van der Waals surface area contributed by atoms with E-state index in [4.69, 9.17) is 14.2 Å². The molecule has 0 spiro atoms. The second kappa shape index (κ2) is 14.2. The normalized spacial score (nSPS) is 28.5. The lowest BCUT2D eigenvalue weighted by atomic mass is 9.74. The Labute approximate surface area is 250 Å². The summed E-state index contributed by atoms with van der Waals surface area (Å²) >= 11 is 0. The number of hydrogen-bond donors (Lipinski definition) is 0. The van der Waals surface area contributed by atoms with Crippen LogP contribution in [0.15, 0.2) is 30.3 Å². The molecule has 3 fully saturated rings. The average Bonchev–Trinajstić information content (AvgIpc) is 3.00. The van der Waals surface area contributed by atoms with Crippen LogP contribution in [0.2, 0.25) is 0 Å². The van der Waals surface area contributed by atoms with Crippen molar-refractivity contribution in [2.45, 2.75) is 96.4 Å². The van der Waals surface area contributed by atoms with Gasteiger partial charge in [0.1, 0.15) is 11.6 Å². The van der Waals surface area contributed by atoms with E-state index in [1.54, 1.807) is 0 Å². The van der Waals surface area contributed by atoms with E-state index in [1.165, 1.54) is 51.4 Å². The predicted molar refractivity (Wildman–Crippen MR) is 152 cm³/mol. The molecule has 1 saturated heterocycles. The number of rotatable bonds is 10. The molecule has 5 rings (SSSR count). The van der Waals surface area contributed by atoms with Gasteiger partial charge in [0.15, 0.2) is 23.7 Å². The molecule has 0 aromatic heterocycles. The van der Waals surface area contributed by atoms with Crippen molar-refractivity contribution in [2.75, 3.05) is 13.2 Å². The molecule has 3 nitrogen and oxygen atoms in total. The maximum Gasteiger partial charge on any atom is 0.400 e. The average molecular weight is 613 g/mol. The van der Waals surface area contributed by atoms with Gasteiger partial charge in [-0.05, 0) is 80.2 Å². The van der Waals surface area contributed by atoms with Crippen LogP contribution in [0.25, 0.3) is 11.1 Å². The van der Waals surface area contributed by atoms with E-state index in [0.717, 1.165) is 24.1 Å². The van der Waals surface area contributed by atoms with E-state index in [1.807, 2.05) is 0 Å². The summed E-state index contributed by atoms with van der Waals surface area (Å²) in [6.45, 7) is 3.56. The second-order valence-corrected chi connectivity index (χ2v) is 12.7. The standard InChI is InChI=1S/C34H42F6O3/c1-2-3-4-5-21-6-8-22(9-7-21)25-19-41-33(42-20-25)23-10-12-26(13-11-23)34(39,40)43-27-14-15-28(29(35)18-27)24-16-30(36)32(38)31(37)17-24/h14-18,21-23,25-26,33H,2-13,19-20H2,1H3. The van der Waals surface area contributed by atoms with Crippen LogP contribution in [0.5, 0.6) is 5.75 Å². The molecule has 43 heavy (non-hydrogen) atoms. The van der Waals surface area contributed by atoms with Gasteiger partial charge in [-0.2, -0.15) is 8.78 Å². The van der Waals surface area contributed by atoms with Gasteiger partial charge >= 0.3 is 6.11 Å². The minimum absolute atomic E-state index is 0.0375. The first-order chi connectivity index (χ1) is 20.6. The zero-order chi connectivity index (χ0) is 30.6. The summed E-state index contributed by atoms with van der Waals surface area (Å²) in [5, 5.41) is 0. The summed E-state index contributed by atoms with van der Waals surface area (Å²) in [6, 6.07) is 4.22. The van der Waals surface area contributed by atoms with Crippen molar-refractivity contribution < 1.29 is 40.6 Å². The molecule has 238 valence electrons. The molecule has 0 radical (unpaired) electrons. The smallest absolute Gasteiger partial charge is 0.400 e. The third-order valence-corrected chi connectivity index (χ3v) is 9.84. The van der Waals surface area contributed by atoms with Gasteiger partial charge in [-0.15, -0.1) is 0 Å². The first kappa shape index (κ1) is 32.1. The number of ether oxygens (including phenoxy) is 3. The molecular formula is C34H42F6O3. The molecule has 3 aliphatic rings. The van der Waals surface area contributed by atoms with E-state index in [0.29, 0.717) is 50.0 Å². The van der Waals surface area contributed by atoms with Gasteiger partial charge in [0, 0.05) is 23.5 Å². The lowest BCUT2D eigenvalue weighted by Crippen LogP contribution is -2.43. The first-order valence-electron chi connectivity index (χ1n) is 15.9. The van der Waals surface area contributed by atoms with Crippen LogP contribution in [-0.4, -0.2) is 25.6 Å². The monoisotopic (exact) mass is 612 g/mol. The van der Waals surface area contributed by atoms with Crippen LogP contribution in [0.3, 0.4) is 0 Å². The van der Waals surface area contributed by atoms with Gasteiger partial charge < -0.3 is 14.2 Å². The fourth-order valence-electron chi connectivity index (χ4n) is 7.18. The van der Waals surface area contributed by atoms with Gasteiger partial charge in [-0.1, -0.05) is 45.4 Å². The lowest BCUT2D eigenvalue weighted by molar-refractivity contribution is -0.251. The molecule has 0 atom stereocenters. The van der Waals surface area contributed by atoms with Crippen LogP contribution in [0, 0.1) is 52.9 Å². The summed E-state index contributed by atoms with van der Waals surface area (Å²) in [4.78, 5) is 0. The zero-order valence-electron chi connectivity index (χ0n) is 24.7. The quantitative estimate of drug-likeness (QED) is 0.152. The fourth-order valence-corrected chi connectivity index (χ4v) is 7.18. The van der Waals surface area contributed by atoms with Gasteiger partial charge in [0.2, 0.25) is 0 Å². The van der Waals surface area contributed by atoms with Crippen LogP contribution in [0.4, 0.5) is 26.3 Å². The number of unbranched alkanes of at least 4 members (excludes halogenated alkanes) is 2. The Hall–Kier alpha value is -2.26. The van der Waals surface area contributed by atoms with E-state index in [-0.39, 0.29) is 36.2 Å². The van der Waals surface area contributed by atoms with Crippen LogP contribution < -0.4 is 4.74 Å². The minimum atomic E-state index is -3.54. The third kappa shape index (κ3) is 7.88. The van der Waals surface area contributed by atoms with E-state index in [9.17, 15) is 17.6 Å². The van der Waals surface area contributed by atoms with Crippen molar-refractivity contribution in [3.63, 3.8) is 0 Å². The van der Waals surface area contributed by atoms with Crippen molar-refractivity contribution in [3.05, 3.63) is 53.6 Å². The summed E-state index contributed by atoms with van der Waals surface area (Å²) < 4.78 is 103. The van der Waals surface area contributed by atoms with E-state index >= 15 is 8.78 Å². The first-order valence-corrected chi connectivity index (χ1v) is 15.9. The third-order valence-electron chi connectivity index (χ3n) is 9.84. The van der Waals surface area contributed by atoms with E-state index in [2.05, 4.69) is 6.92 Å². The second-order valence-electron chi connectivity index (χ2n) is 12.7. The van der Waals surface area contributed by atoms with Crippen molar-refractivity contribution >= 4 is 0 Å². The largest absolute Gasteiger partial charge is 0.432 e.